The summed E-state index contributed by atoms with van der Waals surface area (Å²) in [4.78, 5) is 29.2. The third kappa shape index (κ3) is 5.30. The number of carbonyl (C=O) groups excluding carboxylic acids is 1. The number of likely N-dealkylation sites (tertiary alicyclic amines) is 1. The summed E-state index contributed by atoms with van der Waals surface area (Å²) >= 11 is 3.32. The number of piperidine rings is 1. The van der Waals surface area contributed by atoms with Crippen LogP contribution in [0.1, 0.15) is 18.7 Å². The fourth-order valence-corrected chi connectivity index (χ4v) is 3.68. The van der Waals surface area contributed by atoms with Gasteiger partial charge in [0, 0.05) is 34.9 Å². The zero-order valence-corrected chi connectivity index (χ0v) is 18.0. The Bertz CT molecular complexity index is 1070. The molecule has 1 fully saturated rings. The molecular weight excluding hydrogens is 468 g/mol. The highest BCUT2D eigenvalue weighted by Gasteiger charge is 2.27. The van der Waals surface area contributed by atoms with E-state index in [1.54, 1.807) is 24.4 Å². The number of nitrogens with zero attached hydrogens (tertiary/aromatic N) is 5. The van der Waals surface area contributed by atoms with E-state index in [0.717, 1.165) is 23.9 Å². The molecule has 1 aliphatic rings. The number of benzene rings is 1. The van der Waals surface area contributed by atoms with Crippen LogP contribution in [0.25, 0.3) is 11.5 Å². The van der Waals surface area contributed by atoms with Crippen LogP contribution < -0.4 is 5.32 Å². The molecule has 0 bridgehead atoms. The molecule has 1 saturated heterocycles. The summed E-state index contributed by atoms with van der Waals surface area (Å²) in [7, 11) is 0. The summed E-state index contributed by atoms with van der Waals surface area (Å²) < 4.78 is 6.58. The quantitative estimate of drug-likeness (QED) is 0.412. The lowest BCUT2D eigenvalue weighted by atomic mass is 9.97. The maximum absolute atomic E-state index is 12.6. The van der Waals surface area contributed by atoms with Crippen LogP contribution in [0.5, 0.6) is 0 Å². The second-order valence-corrected chi connectivity index (χ2v) is 8.15. The second-order valence-electron chi connectivity index (χ2n) is 7.23. The summed E-state index contributed by atoms with van der Waals surface area (Å²) in [5.74, 6) is 1.05. The number of nitrogens with one attached hydrogen (secondary N) is 1. The average Bonchev–Trinajstić information content (AvgIpc) is 3.24. The predicted molar refractivity (Wildman–Crippen MR) is 115 cm³/mol. The number of nitro groups is 1. The molecule has 11 heteroatoms. The zero-order valence-electron chi connectivity index (χ0n) is 16.4. The molecule has 31 heavy (non-hydrogen) atoms. The lowest BCUT2D eigenvalue weighted by Gasteiger charge is -2.30. The number of carbonyl (C=O) groups is 1. The van der Waals surface area contributed by atoms with E-state index in [0.29, 0.717) is 36.3 Å². The molecule has 0 aliphatic carbocycles. The normalized spacial score (nSPS) is 16.7. The Kier molecular flexibility index (Phi) is 6.33. The van der Waals surface area contributed by atoms with Gasteiger partial charge in [-0.1, -0.05) is 0 Å². The molecule has 160 valence electrons. The average molecular weight is 487 g/mol. The standard InChI is InChI=1S/C20H19BrN6O4/c21-15-5-8-17(22-10-15)23-19(28)14-2-1-9-26(11-14)12-18-24-25-20(31-18)13-3-6-16(7-4-13)27(29)30/h3-8,10,14H,1-2,9,11-12H2,(H,22,23,28). The second kappa shape index (κ2) is 9.31. The van der Waals surface area contributed by atoms with Crippen LogP contribution in [-0.4, -0.2) is 44.0 Å². The monoisotopic (exact) mass is 486 g/mol. The summed E-state index contributed by atoms with van der Waals surface area (Å²) in [5.41, 5.74) is 0.613. The van der Waals surface area contributed by atoms with Gasteiger partial charge in [0.15, 0.2) is 0 Å². The van der Waals surface area contributed by atoms with Crippen molar-refractivity contribution in [2.24, 2.45) is 5.92 Å². The Morgan fingerprint density at radius 2 is 2.06 bits per heavy atom. The van der Waals surface area contributed by atoms with Crippen LogP contribution in [0, 0.1) is 16.0 Å². The van der Waals surface area contributed by atoms with Crippen molar-refractivity contribution in [3.05, 3.63) is 63.1 Å². The van der Waals surface area contributed by atoms with Crippen molar-refractivity contribution in [2.75, 3.05) is 18.4 Å². The van der Waals surface area contributed by atoms with E-state index in [1.165, 1.54) is 12.1 Å². The van der Waals surface area contributed by atoms with Crippen LogP contribution in [-0.2, 0) is 11.3 Å². The Morgan fingerprint density at radius 3 is 2.77 bits per heavy atom. The largest absolute Gasteiger partial charge is 0.419 e. The van der Waals surface area contributed by atoms with Crippen molar-refractivity contribution in [3.8, 4) is 11.5 Å². The lowest BCUT2D eigenvalue weighted by Crippen LogP contribution is -2.40. The molecule has 1 unspecified atom stereocenters. The third-order valence-corrected chi connectivity index (χ3v) is 5.47. The molecule has 0 spiro atoms. The fraction of sp³-hybridized carbons (Fsp3) is 0.300. The zero-order chi connectivity index (χ0) is 21.8. The van der Waals surface area contributed by atoms with E-state index in [1.807, 2.05) is 6.07 Å². The first-order valence-corrected chi connectivity index (χ1v) is 10.5. The molecule has 1 amide bonds. The number of aromatic nitrogens is 3. The SMILES string of the molecule is O=C(Nc1ccc(Br)cn1)C1CCCN(Cc2nnc(-c3ccc([N+](=O)[O-])cc3)o2)C1. The Balaban J connectivity index is 1.35. The van der Waals surface area contributed by atoms with Crippen LogP contribution in [0.2, 0.25) is 0 Å². The first kappa shape index (κ1) is 21.1. The third-order valence-electron chi connectivity index (χ3n) is 5.01. The van der Waals surface area contributed by atoms with Gasteiger partial charge in [0.1, 0.15) is 5.82 Å². The lowest BCUT2D eigenvalue weighted by molar-refractivity contribution is -0.384. The molecule has 0 radical (unpaired) electrons. The number of rotatable bonds is 6. The smallest absolute Gasteiger partial charge is 0.269 e. The van der Waals surface area contributed by atoms with Gasteiger partial charge in [-0.15, -0.1) is 10.2 Å². The van der Waals surface area contributed by atoms with Crippen molar-refractivity contribution >= 4 is 33.3 Å². The number of anilines is 1. The van der Waals surface area contributed by atoms with Crippen molar-refractivity contribution in [1.29, 1.82) is 0 Å². The van der Waals surface area contributed by atoms with E-state index in [4.69, 9.17) is 4.42 Å². The molecule has 3 heterocycles. The van der Waals surface area contributed by atoms with Gasteiger partial charge in [0.05, 0.1) is 17.4 Å². The molecule has 1 aromatic carbocycles. The van der Waals surface area contributed by atoms with Gasteiger partial charge in [-0.25, -0.2) is 4.98 Å². The van der Waals surface area contributed by atoms with Crippen molar-refractivity contribution in [2.45, 2.75) is 19.4 Å². The summed E-state index contributed by atoms with van der Waals surface area (Å²) in [6.45, 7) is 1.84. The number of non-ortho nitro benzene ring substituents is 1. The Morgan fingerprint density at radius 1 is 1.26 bits per heavy atom. The molecule has 1 aliphatic heterocycles. The summed E-state index contributed by atoms with van der Waals surface area (Å²) in [6, 6.07) is 9.52. The fourth-order valence-electron chi connectivity index (χ4n) is 3.44. The molecule has 0 saturated carbocycles. The highest BCUT2D eigenvalue weighted by Crippen LogP contribution is 2.24. The first-order valence-electron chi connectivity index (χ1n) is 9.70. The van der Waals surface area contributed by atoms with E-state index in [9.17, 15) is 14.9 Å². The van der Waals surface area contributed by atoms with Gasteiger partial charge in [0.2, 0.25) is 17.7 Å². The number of pyridine rings is 1. The van der Waals surface area contributed by atoms with E-state index in [-0.39, 0.29) is 17.5 Å². The van der Waals surface area contributed by atoms with Gasteiger partial charge in [-0.05, 0) is 59.6 Å². The number of hydrogen-bond donors (Lipinski definition) is 1. The van der Waals surface area contributed by atoms with E-state index >= 15 is 0 Å². The van der Waals surface area contributed by atoms with Gasteiger partial charge >= 0.3 is 0 Å². The minimum Gasteiger partial charge on any atom is -0.419 e. The number of halogens is 1. The summed E-state index contributed by atoms with van der Waals surface area (Å²) in [5, 5.41) is 21.8. The number of nitro benzene ring substituents is 1. The molecular formula is C20H19BrN6O4. The maximum atomic E-state index is 12.6. The molecule has 1 atom stereocenters. The minimum atomic E-state index is -0.460. The van der Waals surface area contributed by atoms with Crippen molar-refractivity contribution in [3.63, 3.8) is 0 Å². The molecule has 3 aromatic rings. The molecule has 4 rings (SSSR count). The van der Waals surface area contributed by atoms with Crippen LogP contribution in [0.15, 0.2) is 51.5 Å². The Labute approximate surface area is 186 Å². The summed E-state index contributed by atoms with van der Waals surface area (Å²) in [6.07, 6.45) is 3.33. The highest BCUT2D eigenvalue weighted by atomic mass is 79.9. The molecule has 2 aromatic heterocycles. The predicted octanol–water partition coefficient (Wildman–Crippen LogP) is 3.65. The topological polar surface area (TPSA) is 127 Å². The van der Waals surface area contributed by atoms with E-state index < -0.39 is 4.92 Å². The van der Waals surface area contributed by atoms with Crippen molar-refractivity contribution in [1.82, 2.24) is 20.1 Å². The van der Waals surface area contributed by atoms with Gasteiger partial charge in [-0.2, -0.15) is 0 Å². The van der Waals surface area contributed by atoms with Gasteiger partial charge in [0.25, 0.3) is 5.69 Å². The van der Waals surface area contributed by atoms with Gasteiger partial charge < -0.3 is 9.73 Å². The van der Waals surface area contributed by atoms with Crippen LogP contribution in [0.4, 0.5) is 11.5 Å². The number of amides is 1. The maximum Gasteiger partial charge on any atom is 0.269 e. The van der Waals surface area contributed by atoms with Crippen LogP contribution in [0.3, 0.4) is 0 Å². The molecule has 1 N–H and O–H groups in total. The van der Waals surface area contributed by atoms with Crippen LogP contribution >= 0.6 is 15.9 Å². The number of hydrogen-bond acceptors (Lipinski definition) is 8. The van der Waals surface area contributed by atoms with Gasteiger partial charge in [-0.3, -0.25) is 19.8 Å². The highest BCUT2D eigenvalue weighted by molar-refractivity contribution is 9.10. The van der Waals surface area contributed by atoms with E-state index in [2.05, 4.69) is 41.3 Å². The Hall–Kier alpha value is -3.18. The van der Waals surface area contributed by atoms with Crippen molar-refractivity contribution < 1.29 is 14.1 Å². The minimum absolute atomic E-state index is 0.000499. The molecule has 10 nitrogen and oxygen atoms in total. The first-order chi connectivity index (χ1) is 15.0.